The van der Waals surface area contributed by atoms with Gasteiger partial charge in [0, 0.05) is 11.4 Å². The van der Waals surface area contributed by atoms with Crippen LogP contribution in [-0.4, -0.2) is 10.9 Å². The molecule has 0 unspecified atom stereocenters. The fourth-order valence-corrected chi connectivity index (χ4v) is 2.61. The summed E-state index contributed by atoms with van der Waals surface area (Å²) < 4.78 is 19.6. The summed E-state index contributed by atoms with van der Waals surface area (Å²) >= 11 is 12.3. The third-order valence-electron chi connectivity index (χ3n) is 2.35. The molecule has 1 nitrogen and oxygen atoms in total. The Kier molecular flexibility index (Phi) is 3.29. The lowest BCUT2D eigenvalue weighted by atomic mass is 10.3. The lowest BCUT2D eigenvalue weighted by molar-refractivity contribution is 0.204. The van der Waals surface area contributed by atoms with Crippen molar-refractivity contribution in [2.75, 3.05) is 5.33 Å². The molecular weight excluding hydrogens is 350 g/mol. The van der Waals surface area contributed by atoms with Crippen LogP contribution in [0.3, 0.4) is 0 Å². The van der Waals surface area contributed by atoms with Crippen molar-refractivity contribution < 1.29 is 9.13 Å². The van der Waals surface area contributed by atoms with Gasteiger partial charge >= 0.3 is 0 Å². The van der Waals surface area contributed by atoms with Crippen molar-refractivity contribution in [3.05, 3.63) is 27.4 Å². The highest BCUT2D eigenvalue weighted by atomic mass is 79.9. The number of rotatable bonds is 3. The van der Waals surface area contributed by atoms with E-state index < -0.39 is 5.82 Å². The molecule has 1 aliphatic carbocycles. The third-order valence-corrected chi connectivity index (χ3v) is 4.28. The summed E-state index contributed by atoms with van der Waals surface area (Å²) in [6, 6.07) is 2.83. The van der Waals surface area contributed by atoms with E-state index in [2.05, 4.69) is 31.9 Å². The van der Waals surface area contributed by atoms with Gasteiger partial charge in [0.15, 0.2) is 0 Å². The molecule has 82 valence electrons. The van der Waals surface area contributed by atoms with Gasteiger partial charge in [0.25, 0.3) is 0 Å². The van der Waals surface area contributed by atoms with Gasteiger partial charge in [-0.05, 0) is 34.8 Å². The Hall–Kier alpha value is 0.200. The van der Waals surface area contributed by atoms with Crippen molar-refractivity contribution in [2.45, 2.75) is 18.4 Å². The molecule has 1 saturated carbocycles. The third kappa shape index (κ3) is 2.48. The SMILES string of the molecule is Fc1cc(OC2(CBr)CC2)c(Br)cc1Cl. The van der Waals surface area contributed by atoms with Crippen LogP contribution in [0, 0.1) is 5.82 Å². The number of alkyl halides is 1. The Balaban J connectivity index is 2.25. The highest BCUT2D eigenvalue weighted by Gasteiger charge is 2.44. The van der Waals surface area contributed by atoms with Gasteiger partial charge in [-0.2, -0.15) is 0 Å². The zero-order valence-electron chi connectivity index (χ0n) is 7.70. The second-order valence-corrected chi connectivity index (χ2v) is 5.44. The summed E-state index contributed by atoms with van der Waals surface area (Å²) in [5.74, 6) is 0.0501. The van der Waals surface area contributed by atoms with Gasteiger partial charge in [-0.25, -0.2) is 4.39 Å². The van der Waals surface area contributed by atoms with Crippen LogP contribution < -0.4 is 4.74 Å². The summed E-state index contributed by atoms with van der Waals surface area (Å²) in [5.41, 5.74) is -0.150. The van der Waals surface area contributed by atoms with E-state index in [4.69, 9.17) is 16.3 Å². The maximum absolute atomic E-state index is 13.2. The van der Waals surface area contributed by atoms with Crippen LogP contribution in [0.2, 0.25) is 5.02 Å². The van der Waals surface area contributed by atoms with Gasteiger partial charge in [0.05, 0.1) is 9.50 Å². The van der Waals surface area contributed by atoms with E-state index in [1.54, 1.807) is 0 Å². The first-order valence-electron chi connectivity index (χ1n) is 4.46. The van der Waals surface area contributed by atoms with E-state index in [0.717, 1.165) is 18.2 Å². The molecule has 0 amide bonds. The fourth-order valence-electron chi connectivity index (χ4n) is 1.22. The van der Waals surface area contributed by atoms with Crippen LogP contribution in [0.15, 0.2) is 16.6 Å². The van der Waals surface area contributed by atoms with Gasteiger partial charge in [-0.15, -0.1) is 0 Å². The molecule has 1 aliphatic rings. The number of halogens is 4. The number of benzene rings is 1. The largest absolute Gasteiger partial charge is 0.485 e. The minimum atomic E-state index is -0.458. The van der Waals surface area contributed by atoms with Gasteiger partial charge in [-0.1, -0.05) is 27.5 Å². The molecule has 5 heteroatoms. The lowest BCUT2D eigenvalue weighted by Crippen LogP contribution is -2.19. The van der Waals surface area contributed by atoms with Crippen LogP contribution in [-0.2, 0) is 0 Å². The molecule has 0 N–H and O–H groups in total. The summed E-state index contributed by atoms with van der Waals surface area (Å²) in [6.07, 6.45) is 1.99. The molecule has 0 heterocycles. The Bertz CT molecular complexity index is 393. The minimum Gasteiger partial charge on any atom is -0.485 e. The standard InChI is InChI=1S/C10H8Br2ClFO/c11-5-10(1-2-10)15-9-4-8(14)7(13)3-6(9)12/h3-4H,1-2,5H2. The molecule has 15 heavy (non-hydrogen) atoms. The van der Waals surface area contributed by atoms with Crippen LogP contribution in [0.4, 0.5) is 4.39 Å². The van der Waals surface area contributed by atoms with E-state index in [0.29, 0.717) is 10.2 Å². The molecular formula is C10H8Br2ClFO. The van der Waals surface area contributed by atoms with E-state index in [-0.39, 0.29) is 10.6 Å². The average Bonchev–Trinajstić information content (AvgIpc) is 2.95. The maximum Gasteiger partial charge on any atom is 0.145 e. The van der Waals surface area contributed by atoms with Crippen molar-refractivity contribution in [2.24, 2.45) is 0 Å². The minimum absolute atomic E-state index is 0.0953. The molecule has 0 radical (unpaired) electrons. The first-order chi connectivity index (χ1) is 7.06. The predicted molar refractivity (Wildman–Crippen MR) is 65.5 cm³/mol. The monoisotopic (exact) mass is 356 g/mol. The molecule has 1 aromatic rings. The molecule has 1 fully saturated rings. The summed E-state index contributed by atoms with van der Waals surface area (Å²) in [4.78, 5) is 0. The molecule has 0 aromatic heterocycles. The number of ether oxygens (including phenoxy) is 1. The van der Waals surface area contributed by atoms with Gasteiger partial charge in [0.1, 0.15) is 17.2 Å². The highest BCUT2D eigenvalue weighted by Crippen LogP contribution is 2.44. The predicted octanol–water partition coefficient (Wildman–Crippen LogP) is 4.55. The smallest absolute Gasteiger partial charge is 0.145 e. The first kappa shape index (κ1) is 11.7. The van der Waals surface area contributed by atoms with E-state index in [9.17, 15) is 4.39 Å². The molecule has 0 bridgehead atoms. The van der Waals surface area contributed by atoms with Gasteiger partial charge < -0.3 is 4.74 Å². The molecule has 0 spiro atoms. The summed E-state index contributed by atoms with van der Waals surface area (Å²) in [6.45, 7) is 0. The second kappa shape index (κ2) is 4.22. The summed E-state index contributed by atoms with van der Waals surface area (Å²) in [5, 5.41) is 0.856. The fraction of sp³-hybridized carbons (Fsp3) is 0.400. The average molecular weight is 358 g/mol. The lowest BCUT2D eigenvalue weighted by Gasteiger charge is -2.16. The van der Waals surface area contributed by atoms with Crippen molar-refractivity contribution in [1.29, 1.82) is 0 Å². The van der Waals surface area contributed by atoms with Crippen LogP contribution >= 0.6 is 43.5 Å². The molecule has 1 aromatic carbocycles. The zero-order valence-corrected chi connectivity index (χ0v) is 11.6. The van der Waals surface area contributed by atoms with Crippen molar-refractivity contribution in [3.63, 3.8) is 0 Å². The zero-order chi connectivity index (χ0) is 11.1. The highest BCUT2D eigenvalue weighted by molar-refractivity contribution is 9.10. The van der Waals surface area contributed by atoms with Crippen molar-refractivity contribution in [3.8, 4) is 5.75 Å². The van der Waals surface area contributed by atoms with E-state index >= 15 is 0 Å². The van der Waals surface area contributed by atoms with E-state index in [1.807, 2.05) is 0 Å². The normalized spacial score (nSPS) is 17.6. The molecule has 0 aliphatic heterocycles. The Morgan fingerprint density at radius 1 is 1.47 bits per heavy atom. The van der Waals surface area contributed by atoms with Crippen molar-refractivity contribution >= 4 is 43.5 Å². The van der Waals surface area contributed by atoms with Gasteiger partial charge in [0.2, 0.25) is 0 Å². The van der Waals surface area contributed by atoms with Crippen molar-refractivity contribution in [1.82, 2.24) is 0 Å². The van der Waals surface area contributed by atoms with E-state index in [1.165, 1.54) is 12.1 Å². The van der Waals surface area contributed by atoms with Crippen LogP contribution in [0.5, 0.6) is 5.75 Å². The quantitative estimate of drug-likeness (QED) is 0.569. The maximum atomic E-state index is 13.2. The number of hydrogen-bond donors (Lipinski definition) is 0. The number of hydrogen-bond acceptors (Lipinski definition) is 1. The first-order valence-corrected chi connectivity index (χ1v) is 6.75. The molecule has 0 saturated heterocycles. The Labute approximate surface area is 109 Å². The second-order valence-electron chi connectivity index (χ2n) is 3.62. The summed E-state index contributed by atoms with van der Waals surface area (Å²) in [7, 11) is 0. The van der Waals surface area contributed by atoms with Crippen LogP contribution in [0.1, 0.15) is 12.8 Å². The van der Waals surface area contributed by atoms with Gasteiger partial charge in [-0.3, -0.25) is 0 Å². The van der Waals surface area contributed by atoms with Crippen LogP contribution in [0.25, 0.3) is 0 Å². The molecule has 0 atom stereocenters. The topological polar surface area (TPSA) is 9.23 Å². The Morgan fingerprint density at radius 2 is 2.13 bits per heavy atom. The Morgan fingerprint density at radius 3 is 2.67 bits per heavy atom. The molecule has 2 rings (SSSR count).